The molecule has 106 valence electrons. The van der Waals surface area contributed by atoms with Crippen molar-refractivity contribution in [2.24, 2.45) is 11.8 Å². The number of amides is 1. The number of aliphatic carboxylic acids is 1. The first kappa shape index (κ1) is 15.2. The lowest BCUT2D eigenvalue weighted by Gasteiger charge is -2.15. The number of imidazole rings is 1. The molecule has 0 aliphatic carbocycles. The Hall–Kier alpha value is -1.85. The van der Waals surface area contributed by atoms with Crippen LogP contribution < -0.4 is 5.32 Å². The summed E-state index contributed by atoms with van der Waals surface area (Å²) in [4.78, 5) is 26.5. The highest BCUT2D eigenvalue weighted by atomic mass is 16.4. The number of nitrogens with zero attached hydrogens (tertiary/aromatic N) is 2. The highest BCUT2D eigenvalue weighted by Crippen LogP contribution is 2.11. The van der Waals surface area contributed by atoms with Gasteiger partial charge in [0, 0.05) is 31.9 Å². The Morgan fingerprint density at radius 2 is 2.16 bits per heavy atom. The zero-order chi connectivity index (χ0) is 14.3. The summed E-state index contributed by atoms with van der Waals surface area (Å²) in [6.45, 7) is 4.68. The van der Waals surface area contributed by atoms with Crippen molar-refractivity contribution in [3.05, 3.63) is 18.7 Å². The fraction of sp³-hybridized carbons (Fsp3) is 0.615. The van der Waals surface area contributed by atoms with Crippen molar-refractivity contribution < 1.29 is 14.7 Å². The molecule has 0 fully saturated rings. The third kappa shape index (κ3) is 6.03. The lowest BCUT2D eigenvalue weighted by Crippen LogP contribution is -2.34. The van der Waals surface area contributed by atoms with Crippen LogP contribution in [-0.2, 0) is 16.1 Å². The second kappa shape index (κ2) is 7.56. The van der Waals surface area contributed by atoms with Gasteiger partial charge >= 0.3 is 5.97 Å². The number of hydrogen-bond acceptors (Lipinski definition) is 3. The van der Waals surface area contributed by atoms with Crippen LogP contribution in [0.15, 0.2) is 18.7 Å². The molecule has 0 aromatic carbocycles. The molecule has 6 heteroatoms. The maximum absolute atomic E-state index is 11.6. The van der Waals surface area contributed by atoms with E-state index >= 15 is 0 Å². The molecule has 0 radical (unpaired) electrons. The predicted octanol–water partition coefficient (Wildman–Crippen LogP) is 1.14. The van der Waals surface area contributed by atoms with Crippen molar-refractivity contribution in [2.45, 2.75) is 33.2 Å². The zero-order valence-corrected chi connectivity index (χ0v) is 11.4. The van der Waals surface area contributed by atoms with E-state index in [0.717, 1.165) is 0 Å². The smallest absolute Gasteiger partial charge is 0.308 e. The van der Waals surface area contributed by atoms with E-state index in [1.165, 1.54) is 0 Å². The van der Waals surface area contributed by atoms with E-state index in [1.807, 2.05) is 18.4 Å². The average Bonchev–Trinajstić information content (AvgIpc) is 2.84. The monoisotopic (exact) mass is 267 g/mol. The largest absolute Gasteiger partial charge is 0.481 e. The maximum Gasteiger partial charge on any atom is 0.308 e. The van der Waals surface area contributed by atoms with E-state index in [0.29, 0.717) is 25.3 Å². The van der Waals surface area contributed by atoms with Gasteiger partial charge in [0.25, 0.3) is 0 Å². The standard InChI is InChI=1S/C13H21N3O3/c1-10(2)7-11(13(18)19)8-15-12(17)3-5-16-6-4-14-9-16/h4,6,9-11H,3,5,7-8H2,1-2H3,(H,15,17)(H,18,19). The molecule has 1 aromatic rings. The van der Waals surface area contributed by atoms with Crippen molar-refractivity contribution in [1.82, 2.24) is 14.9 Å². The highest BCUT2D eigenvalue weighted by Gasteiger charge is 2.19. The molecule has 1 rings (SSSR count). The van der Waals surface area contributed by atoms with Gasteiger partial charge in [0.15, 0.2) is 0 Å². The molecule has 1 amide bonds. The number of hydrogen-bond donors (Lipinski definition) is 2. The van der Waals surface area contributed by atoms with Crippen LogP contribution in [0.5, 0.6) is 0 Å². The number of aromatic nitrogens is 2. The number of aryl methyl sites for hydroxylation is 1. The van der Waals surface area contributed by atoms with E-state index in [9.17, 15) is 9.59 Å². The van der Waals surface area contributed by atoms with Gasteiger partial charge in [-0.2, -0.15) is 0 Å². The van der Waals surface area contributed by atoms with Gasteiger partial charge in [-0.3, -0.25) is 9.59 Å². The molecular formula is C13H21N3O3. The van der Waals surface area contributed by atoms with Gasteiger partial charge in [-0.25, -0.2) is 4.98 Å². The number of nitrogens with one attached hydrogen (secondary N) is 1. The minimum absolute atomic E-state index is 0.135. The SMILES string of the molecule is CC(C)CC(CNC(=O)CCn1ccnc1)C(=O)O. The second-order valence-electron chi connectivity index (χ2n) is 5.02. The van der Waals surface area contributed by atoms with Crippen LogP contribution in [0, 0.1) is 11.8 Å². The quantitative estimate of drug-likeness (QED) is 0.739. The average molecular weight is 267 g/mol. The van der Waals surface area contributed by atoms with E-state index < -0.39 is 11.9 Å². The number of carboxylic acids is 1. The summed E-state index contributed by atoms with van der Waals surface area (Å²) in [5, 5.41) is 11.7. The molecule has 19 heavy (non-hydrogen) atoms. The van der Waals surface area contributed by atoms with Gasteiger partial charge in [-0.15, -0.1) is 0 Å². The summed E-state index contributed by atoms with van der Waals surface area (Å²) in [7, 11) is 0. The Morgan fingerprint density at radius 1 is 1.42 bits per heavy atom. The lowest BCUT2D eigenvalue weighted by atomic mass is 9.97. The van der Waals surface area contributed by atoms with Gasteiger partial charge in [0.2, 0.25) is 5.91 Å². The summed E-state index contributed by atoms with van der Waals surface area (Å²) < 4.78 is 1.81. The first-order chi connectivity index (χ1) is 8.99. The molecule has 0 bridgehead atoms. The Kier molecular flexibility index (Phi) is 6.05. The van der Waals surface area contributed by atoms with Gasteiger partial charge in [-0.05, 0) is 12.3 Å². The summed E-state index contributed by atoms with van der Waals surface area (Å²) in [5.74, 6) is -1.21. The molecular weight excluding hydrogens is 246 g/mol. The topological polar surface area (TPSA) is 84.2 Å². The molecule has 0 spiro atoms. The van der Waals surface area contributed by atoms with Crippen LogP contribution in [0.1, 0.15) is 26.7 Å². The van der Waals surface area contributed by atoms with Crippen LogP contribution in [-0.4, -0.2) is 33.1 Å². The van der Waals surface area contributed by atoms with E-state index in [2.05, 4.69) is 10.3 Å². The first-order valence-corrected chi connectivity index (χ1v) is 6.44. The Balaban J connectivity index is 2.29. The Morgan fingerprint density at radius 3 is 2.68 bits per heavy atom. The van der Waals surface area contributed by atoms with Crippen molar-refractivity contribution in [3.8, 4) is 0 Å². The van der Waals surface area contributed by atoms with Crippen LogP contribution >= 0.6 is 0 Å². The van der Waals surface area contributed by atoms with Crippen LogP contribution in [0.4, 0.5) is 0 Å². The van der Waals surface area contributed by atoms with Crippen LogP contribution in [0.2, 0.25) is 0 Å². The Bertz CT molecular complexity index is 401. The molecule has 1 unspecified atom stereocenters. The van der Waals surface area contributed by atoms with Gasteiger partial charge in [0.1, 0.15) is 0 Å². The third-order valence-corrected chi connectivity index (χ3v) is 2.81. The van der Waals surface area contributed by atoms with E-state index in [4.69, 9.17) is 5.11 Å². The highest BCUT2D eigenvalue weighted by molar-refractivity contribution is 5.77. The lowest BCUT2D eigenvalue weighted by molar-refractivity contribution is -0.142. The zero-order valence-electron chi connectivity index (χ0n) is 11.4. The molecule has 2 N–H and O–H groups in total. The molecule has 1 aromatic heterocycles. The molecule has 0 saturated carbocycles. The molecule has 0 saturated heterocycles. The van der Waals surface area contributed by atoms with Crippen LogP contribution in [0.25, 0.3) is 0 Å². The molecule has 6 nitrogen and oxygen atoms in total. The van der Waals surface area contributed by atoms with Crippen molar-refractivity contribution >= 4 is 11.9 Å². The summed E-state index contributed by atoms with van der Waals surface area (Å²) in [6, 6.07) is 0. The van der Waals surface area contributed by atoms with Gasteiger partial charge in [-0.1, -0.05) is 13.8 Å². The van der Waals surface area contributed by atoms with Crippen molar-refractivity contribution in [3.63, 3.8) is 0 Å². The number of carbonyl (C=O) groups is 2. The number of carbonyl (C=O) groups excluding carboxylic acids is 1. The Labute approximate surface area is 112 Å². The fourth-order valence-electron chi connectivity index (χ4n) is 1.82. The fourth-order valence-corrected chi connectivity index (χ4v) is 1.82. The summed E-state index contributed by atoms with van der Waals surface area (Å²) in [6.07, 6.45) is 5.97. The summed E-state index contributed by atoms with van der Waals surface area (Å²) in [5.41, 5.74) is 0. The number of carboxylic acid groups (broad SMARTS) is 1. The molecule has 0 aliphatic heterocycles. The maximum atomic E-state index is 11.6. The normalized spacial score (nSPS) is 12.4. The predicted molar refractivity (Wildman–Crippen MR) is 70.4 cm³/mol. The third-order valence-electron chi connectivity index (χ3n) is 2.81. The first-order valence-electron chi connectivity index (χ1n) is 6.44. The van der Waals surface area contributed by atoms with Crippen LogP contribution in [0.3, 0.4) is 0 Å². The van der Waals surface area contributed by atoms with E-state index in [1.54, 1.807) is 18.7 Å². The molecule has 1 heterocycles. The van der Waals surface area contributed by atoms with Crippen molar-refractivity contribution in [1.29, 1.82) is 0 Å². The van der Waals surface area contributed by atoms with Gasteiger partial charge < -0.3 is 15.0 Å². The van der Waals surface area contributed by atoms with Gasteiger partial charge in [0.05, 0.1) is 12.2 Å². The van der Waals surface area contributed by atoms with Crippen molar-refractivity contribution in [2.75, 3.05) is 6.54 Å². The molecule has 0 aliphatic rings. The minimum Gasteiger partial charge on any atom is -0.481 e. The second-order valence-corrected chi connectivity index (χ2v) is 5.02. The van der Waals surface area contributed by atoms with E-state index in [-0.39, 0.29) is 12.5 Å². The minimum atomic E-state index is -0.858. The number of rotatable bonds is 8. The summed E-state index contributed by atoms with van der Waals surface area (Å²) >= 11 is 0. The molecule has 1 atom stereocenters.